The van der Waals surface area contributed by atoms with E-state index in [4.69, 9.17) is 9.84 Å². The highest BCUT2D eigenvalue weighted by atomic mass is 19.1. The molecule has 1 aliphatic carbocycles. The quantitative estimate of drug-likeness (QED) is 0.879. The second-order valence-electron chi connectivity index (χ2n) is 4.36. The van der Waals surface area contributed by atoms with Crippen molar-refractivity contribution < 1.29 is 19.0 Å². The van der Waals surface area contributed by atoms with Gasteiger partial charge in [0.2, 0.25) is 0 Å². The predicted octanol–water partition coefficient (Wildman–Crippen LogP) is 3.24. The highest BCUT2D eigenvalue weighted by Gasteiger charge is 2.16. The first-order valence-corrected chi connectivity index (χ1v) is 5.86. The number of aromatic carboxylic acids is 1. The summed E-state index contributed by atoms with van der Waals surface area (Å²) in [5, 5.41) is 8.82. The van der Waals surface area contributed by atoms with E-state index in [9.17, 15) is 9.18 Å². The Labute approximate surface area is 99.2 Å². The molecule has 0 heterocycles. The van der Waals surface area contributed by atoms with Gasteiger partial charge < -0.3 is 9.84 Å². The number of ether oxygens (including phenoxy) is 1. The van der Waals surface area contributed by atoms with Gasteiger partial charge in [-0.1, -0.05) is 6.42 Å². The van der Waals surface area contributed by atoms with Crippen LogP contribution in [0.15, 0.2) is 18.2 Å². The summed E-state index contributed by atoms with van der Waals surface area (Å²) in [6.45, 7) is 0. The SMILES string of the molecule is O=C(O)c1cc(F)cc(OC2CCCCC2)c1. The Morgan fingerprint density at radius 3 is 2.59 bits per heavy atom. The molecule has 0 unspecified atom stereocenters. The molecule has 1 N–H and O–H groups in total. The molecule has 3 nitrogen and oxygen atoms in total. The zero-order valence-electron chi connectivity index (χ0n) is 9.49. The molecule has 1 saturated carbocycles. The maximum atomic E-state index is 13.2. The van der Waals surface area contributed by atoms with Gasteiger partial charge >= 0.3 is 5.97 Å². The fourth-order valence-electron chi connectivity index (χ4n) is 2.13. The average Bonchev–Trinajstić information content (AvgIpc) is 2.29. The van der Waals surface area contributed by atoms with Crippen molar-refractivity contribution in [1.82, 2.24) is 0 Å². The Bertz CT molecular complexity index is 411. The molecular weight excluding hydrogens is 223 g/mol. The predicted molar refractivity (Wildman–Crippen MR) is 60.9 cm³/mol. The van der Waals surface area contributed by atoms with Gasteiger partial charge in [0.1, 0.15) is 11.6 Å². The zero-order valence-corrected chi connectivity index (χ0v) is 9.49. The van der Waals surface area contributed by atoms with E-state index >= 15 is 0 Å². The Morgan fingerprint density at radius 2 is 1.94 bits per heavy atom. The van der Waals surface area contributed by atoms with Crippen LogP contribution in [0.1, 0.15) is 42.5 Å². The molecule has 17 heavy (non-hydrogen) atoms. The van der Waals surface area contributed by atoms with Crippen LogP contribution < -0.4 is 4.74 Å². The molecular formula is C13H15FO3. The van der Waals surface area contributed by atoms with E-state index in [1.807, 2.05) is 0 Å². The third-order valence-electron chi connectivity index (χ3n) is 2.97. The summed E-state index contributed by atoms with van der Waals surface area (Å²) in [6, 6.07) is 3.61. The molecule has 0 spiro atoms. The lowest BCUT2D eigenvalue weighted by Gasteiger charge is -2.23. The highest BCUT2D eigenvalue weighted by Crippen LogP contribution is 2.24. The maximum Gasteiger partial charge on any atom is 0.335 e. The normalized spacial score (nSPS) is 16.8. The molecule has 92 valence electrons. The molecule has 1 aliphatic rings. The summed E-state index contributed by atoms with van der Waals surface area (Å²) in [5.41, 5.74) is -0.0733. The topological polar surface area (TPSA) is 46.5 Å². The largest absolute Gasteiger partial charge is 0.490 e. The number of carboxylic acid groups (broad SMARTS) is 1. The maximum absolute atomic E-state index is 13.2. The van der Waals surface area contributed by atoms with Gasteiger partial charge in [0.25, 0.3) is 0 Å². The fourth-order valence-corrected chi connectivity index (χ4v) is 2.13. The zero-order chi connectivity index (χ0) is 12.3. The van der Waals surface area contributed by atoms with Crippen LogP contribution in [0.2, 0.25) is 0 Å². The summed E-state index contributed by atoms with van der Waals surface area (Å²) in [5.74, 6) is -1.40. The molecule has 0 bridgehead atoms. The van der Waals surface area contributed by atoms with Crippen molar-refractivity contribution in [2.45, 2.75) is 38.2 Å². The molecule has 1 aromatic rings. The van der Waals surface area contributed by atoms with E-state index in [1.54, 1.807) is 0 Å². The first-order valence-electron chi connectivity index (χ1n) is 5.86. The van der Waals surface area contributed by atoms with Crippen molar-refractivity contribution in [2.75, 3.05) is 0 Å². The lowest BCUT2D eigenvalue weighted by molar-refractivity contribution is 0.0695. The number of rotatable bonds is 3. The smallest absolute Gasteiger partial charge is 0.335 e. The second kappa shape index (κ2) is 5.17. The van der Waals surface area contributed by atoms with Crippen LogP contribution in [-0.2, 0) is 0 Å². The van der Waals surface area contributed by atoms with Crippen LogP contribution in [0.4, 0.5) is 4.39 Å². The van der Waals surface area contributed by atoms with Gasteiger partial charge in [-0.2, -0.15) is 0 Å². The van der Waals surface area contributed by atoms with Gasteiger partial charge in [-0.15, -0.1) is 0 Å². The van der Waals surface area contributed by atoms with Crippen molar-refractivity contribution in [3.05, 3.63) is 29.6 Å². The minimum Gasteiger partial charge on any atom is -0.490 e. The van der Waals surface area contributed by atoms with Crippen LogP contribution in [0, 0.1) is 5.82 Å². The lowest BCUT2D eigenvalue weighted by Crippen LogP contribution is -2.19. The minimum absolute atomic E-state index is 0.0733. The van der Waals surface area contributed by atoms with E-state index in [0.29, 0.717) is 5.75 Å². The molecule has 0 aromatic heterocycles. The van der Waals surface area contributed by atoms with E-state index in [1.165, 1.54) is 18.6 Å². The molecule has 1 aromatic carbocycles. The number of benzene rings is 1. The Balaban J connectivity index is 2.11. The molecule has 0 aliphatic heterocycles. The summed E-state index contributed by atoms with van der Waals surface area (Å²) in [6.07, 6.45) is 5.45. The van der Waals surface area contributed by atoms with E-state index < -0.39 is 11.8 Å². The van der Waals surface area contributed by atoms with Gasteiger partial charge in [-0.25, -0.2) is 9.18 Å². The van der Waals surface area contributed by atoms with E-state index in [2.05, 4.69) is 0 Å². The van der Waals surface area contributed by atoms with Crippen molar-refractivity contribution in [3.8, 4) is 5.75 Å². The van der Waals surface area contributed by atoms with Crippen LogP contribution in [-0.4, -0.2) is 17.2 Å². The van der Waals surface area contributed by atoms with Crippen molar-refractivity contribution in [1.29, 1.82) is 0 Å². The third-order valence-corrected chi connectivity index (χ3v) is 2.97. The van der Waals surface area contributed by atoms with E-state index in [-0.39, 0.29) is 11.7 Å². The Hall–Kier alpha value is -1.58. The molecule has 0 radical (unpaired) electrons. The van der Waals surface area contributed by atoms with Gasteiger partial charge in [0, 0.05) is 6.07 Å². The first kappa shape index (κ1) is 11.9. The van der Waals surface area contributed by atoms with Gasteiger partial charge in [-0.3, -0.25) is 0 Å². The van der Waals surface area contributed by atoms with Crippen LogP contribution in [0.25, 0.3) is 0 Å². The standard InChI is InChI=1S/C13H15FO3/c14-10-6-9(13(15)16)7-12(8-10)17-11-4-2-1-3-5-11/h6-8,11H,1-5H2,(H,15,16). The fraction of sp³-hybridized carbons (Fsp3) is 0.462. The van der Waals surface area contributed by atoms with Gasteiger partial charge in [0.15, 0.2) is 0 Å². The number of carbonyl (C=O) groups is 1. The van der Waals surface area contributed by atoms with Crippen LogP contribution in [0.5, 0.6) is 5.75 Å². The Morgan fingerprint density at radius 1 is 1.24 bits per heavy atom. The summed E-state index contributed by atoms with van der Waals surface area (Å²) in [7, 11) is 0. The molecule has 0 amide bonds. The second-order valence-corrected chi connectivity index (χ2v) is 4.36. The summed E-state index contributed by atoms with van der Waals surface area (Å²) < 4.78 is 18.8. The van der Waals surface area contributed by atoms with Crippen molar-refractivity contribution in [3.63, 3.8) is 0 Å². The number of hydrogen-bond donors (Lipinski definition) is 1. The highest BCUT2D eigenvalue weighted by molar-refractivity contribution is 5.88. The Kier molecular flexibility index (Phi) is 3.61. The van der Waals surface area contributed by atoms with Crippen molar-refractivity contribution >= 4 is 5.97 Å². The summed E-state index contributed by atoms with van der Waals surface area (Å²) >= 11 is 0. The van der Waals surface area contributed by atoms with Crippen LogP contribution in [0.3, 0.4) is 0 Å². The van der Waals surface area contributed by atoms with Gasteiger partial charge in [-0.05, 0) is 37.8 Å². The van der Waals surface area contributed by atoms with Gasteiger partial charge in [0.05, 0.1) is 11.7 Å². The third kappa shape index (κ3) is 3.19. The van der Waals surface area contributed by atoms with Crippen molar-refractivity contribution in [2.24, 2.45) is 0 Å². The number of hydrogen-bond acceptors (Lipinski definition) is 2. The molecule has 1 fully saturated rings. The molecule has 0 atom stereocenters. The monoisotopic (exact) mass is 238 g/mol. The molecule has 0 saturated heterocycles. The summed E-state index contributed by atoms with van der Waals surface area (Å²) in [4.78, 5) is 10.8. The molecule has 2 rings (SSSR count). The average molecular weight is 238 g/mol. The van der Waals surface area contributed by atoms with Crippen LogP contribution >= 0.6 is 0 Å². The number of carboxylic acids is 1. The van der Waals surface area contributed by atoms with E-state index in [0.717, 1.165) is 31.7 Å². The lowest BCUT2D eigenvalue weighted by atomic mass is 9.98. The number of halogens is 1. The minimum atomic E-state index is -1.14. The first-order chi connectivity index (χ1) is 8.15. The molecule has 4 heteroatoms.